The maximum absolute atomic E-state index is 12.3. The van der Waals surface area contributed by atoms with E-state index in [1.807, 2.05) is 0 Å². The summed E-state index contributed by atoms with van der Waals surface area (Å²) in [6.45, 7) is 11.6. The molecule has 7 nitrogen and oxygen atoms in total. The molecule has 0 radical (unpaired) electrons. The molecule has 218 valence electrons. The van der Waals surface area contributed by atoms with Crippen molar-refractivity contribution < 1.29 is 23.4 Å². The highest BCUT2D eigenvalue weighted by molar-refractivity contribution is 7.91. The van der Waals surface area contributed by atoms with Gasteiger partial charge < -0.3 is 15.5 Å². The maximum Gasteiger partial charge on any atom is 0.328 e. The van der Waals surface area contributed by atoms with Crippen LogP contribution in [-0.4, -0.2) is 48.2 Å². The second kappa shape index (κ2) is 9.90. The number of carbonyl (C=O) groups is 1. The lowest BCUT2D eigenvalue weighted by molar-refractivity contribution is -0.203. The second-order valence-corrected chi connectivity index (χ2v) is 16.9. The van der Waals surface area contributed by atoms with Crippen LogP contribution in [0.2, 0.25) is 0 Å². The molecule has 5 saturated carbocycles. The first-order valence-corrected chi connectivity index (χ1v) is 16.9. The Morgan fingerprint density at radius 3 is 2.26 bits per heavy atom. The molecule has 38 heavy (non-hydrogen) atoms. The van der Waals surface area contributed by atoms with E-state index in [9.17, 15) is 23.4 Å². The highest BCUT2D eigenvalue weighted by Gasteiger charge is 2.64. The molecule has 11 atom stereocenters. The number of hydrogen-bond donors (Lipinski definition) is 4. The highest BCUT2D eigenvalue weighted by atomic mass is 32.2. The molecule has 0 bridgehead atoms. The zero-order valence-electron chi connectivity index (χ0n) is 24.2. The summed E-state index contributed by atoms with van der Waals surface area (Å²) < 4.78 is 26.1. The minimum Gasteiger partial charge on any atom is -0.393 e. The van der Waals surface area contributed by atoms with Gasteiger partial charge in [-0.3, -0.25) is 0 Å². The smallest absolute Gasteiger partial charge is 0.328 e. The van der Waals surface area contributed by atoms with E-state index in [1.54, 1.807) is 6.92 Å². The quantitative estimate of drug-likeness (QED) is 0.361. The number of sulfonamides is 1. The second-order valence-electron chi connectivity index (χ2n) is 14.7. The average molecular weight is 553 g/mol. The summed E-state index contributed by atoms with van der Waals surface area (Å²) in [6, 6.07) is -0.613. The van der Waals surface area contributed by atoms with Crippen molar-refractivity contribution in [2.75, 3.05) is 6.54 Å². The van der Waals surface area contributed by atoms with Crippen LogP contribution in [0.25, 0.3) is 0 Å². The molecule has 5 rings (SSSR count). The van der Waals surface area contributed by atoms with Crippen molar-refractivity contribution in [2.45, 2.75) is 122 Å². The Labute approximate surface area is 230 Å². The summed E-state index contributed by atoms with van der Waals surface area (Å²) in [7, 11) is -3.62. The Morgan fingerprint density at radius 2 is 1.61 bits per heavy atom. The third-order valence-electron chi connectivity index (χ3n) is 12.9. The minimum absolute atomic E-state index is 0.184. The predicted molar refractivity (Wildman–Crippen MR) is 149 cm³/mol. The SMILES string of the molecule is CC[C@H]1[C@@H](O)[C@@H]2[C@H](CC[C@]3(C)[C@@H]([C@H](C)CCNC(=O)NS(=O)(=O)C4(C)CC4)CC[C@@H]23)[C@@]2(C)CC[C@@H](O)C[C@@H]12. The fourth-order valence-electron chi connectivity index (χ4n) is 10.3. The number of nitrogens with one attached hydrogen (secondary N) is 2. The van der Waals surface area contributed by atoms with Gasteiger partial charge in [-0.1, -0.05) is 34.1 Å². The molecular weight excluding hydrogens is 500 g/mol. The summed E-state index contributed by atoms with van der Waals surface area (Å²) in [5.41, 5.74) is 0.396. The van der Waals surface area contributed by atoms with Gasteiger partial charge in [0, 0.05) is 6.54 Å². The first-order valence-electron chi connectivity index (χ1n) is 15.4. The summed E-state index contributed by atoms with van der Waals surface area (Å²) in [4.78, 5) is 12.3. The summed E-state index contributed by atoms with van der Waals surface area (Å²) in [5, 5.41) is 25.2. The molecule has 0 heterocycles. The molecule has 0 aromatic rings. The summed E-state index contributed by atoms with van der Waals surface area (Å²) >= 11 is 0. The fourth-order valence-corrected chi connectivity index (χ4v) is 11.5. The van der Waals surface area contributed by atoms with Gasteiger partial charge in [0.05, 0.1) is 17.0 Å². The number of urea groups is 1. The predicted octanol–water partition coefficient (Wildman–Crippen LogP) is 4.82. The zero-order chi connectivity index (χ0) is 27.7. The van der Waals surface area contributed by atoms with Crippen LogP contribution in [0.15, 0.2) is 0 Å². The van der Waals surface area contributed by atoms with Crippen LogP contribution >= 0.6 is 0 Å². The van der Waals surface area contributed by atoms with E-state index < -0.39 is 20.8 Å². The molecule has 5 fully saturated rings. The molecular formula is C30H52N2O5S. The fraction of sp³-hybridized carbons (Fsp3) is 0.967. The molecule has 0 aromatic heterocycles. The van der Waals surface area contributed by atoms with E-state index in [0.717, 1.165) is 51.4 Å². The average Bonchev–Trinajstić information content (AvgIpc) is 3.51. The van der Waals surface area contributed by atoms with Crippen molar-refractivity contribution in [1.29, 1.82) is 0 Å². The van der Waals surface area contributed by atoms with Crippen LogP contribution in [0, 0.1) is 52.3 Å². The van der Waals surface area contributed by atoms with E-state index >= 15 is 0 Å². The van der Waals surface area contributed by atoms with Crippen molar-refractivity contribution in [3.63, 3.8) is 0 Å². The number of amides is 2. The van der Waals surface area contributed by atoms with E-state index in [2.05, 4.69) is 37.7 Å². The lowest BCUT2D eigenvalue weighted by Crippen LogP contribution is -2.62. The van der Waals surface area contributed by atoms with Crippen molar-refractivity contribution in [1.82, 2.24) is 10.0 Å². The van der Waals surface area contributed by atoms with Gasteiger partial charge in [0.15, 0.2) is 0 Å². The van der Waals surface area contributed by atoms with Crippen molar-refractivity contribution in [2.24, 2.45) is 52.3 Å². The van der Waals surface area contributed by atoms with Crippen LogP contribution in [0.1, 0.15) is 105 Å². The van der Waals surface area contributed by atoms with Gasteiger partial charge in [-0.25, -0.2) is 17.9 Å². The van der Waals surface area contributed by atoms with Crippen LogP contribution in [0.4, 0.5) is 4.79 Å². The molecule has 4 N–H and O–H groups in total. The minimum atomic E-state index is -3.62. The number of carbonyl (C=O) groups excluding carboxylic acids is 1. The Balaban J connectivity index is 1.24. The zero-order valence-corrected chi connectivity index (χ0v) is 25.0. The van der Waals surface area contributed by atoms with Crippen molar-refractivity contribution >= 4 is 16.1 Å². The number of rotatable bonds is 7. The Hall–Kier alpha value is -0.860. The number of fused-ring (bicyclic) bond motifs is 5. The molecule has 0 unspecified atom stereocenters. The molecule has 5 aliphatic carbocycles. The topological polar surface area (TPSA) is 116 Å². The number of aliphatic hydroxyl groups is 2. The number of aliphatic hydroxyl groups excluding tert-OH is 2. The Kier molecular flexibility index (Phi) is 7.47. The summed E-state index contributed by atoms with van der Waals surface area (Å²) in [5.74, 6) is 3.02. The highest BCUT2D eigenvalue weighted by Crippen LogP contribution is 2.69. The van der Waals surface area contributed by atoms with Crippen molar-refractivity contribution in [3.8, 4) is 0 Å². The van der Waals surface area contributed by atoms with E-state index in [-0.39, 0.29) is 29.0 Å². The Bertz CT molecular complexity index is 1010. The normalized spacial score (nSPS) is 46.3. The molecule has 0 aromatic carbocycles. The van der Waals surface area contributed by atoms with Crippen LogP contribution in [-0.2, 0) is 10.0 Å². The first-order chi connectivity index (χ1) is 17.8. The molecule has 0 aliphatic heterocycles. The summed E-state index contributed by atoms with van der Waals surface area (Å²) in [6.07, 6.45) is 9.99. The van der Waals surface area contributed by atoms with Gasteiger partial charge in [-0.2, -0.15) is 0 Å². The van der Waals surface area contributed by atoms with Gasteiger partial charge in [0.25, 0.3) is 0 Å². The Morgan fingerprint density at radius 1 is 0.947 bits per heavy atom. The monoisotopic (exact) mass is 552 g/mol. The largest absolute Gasteiger partial charge is 0.393 e. The maximum atomic E-state index is 12.3. The van der Waals surface area contributed by atoms with E-state index in [0.29, 0.717) is 54.9 Å². The molecule has 0 saturated heterocycles. The van der Waals surface area contributed by atoms with Crippen LogP contribution < -0.4 is 10.0 Å². The third kappa shape index (κ3) is 4.52. The van der Waals surface area contributed by atoms with Gasteiger partial charge in [0.1, 0.15) is 0 Å². The number of hydrogen-bond acceptors (Lipinski definition) is 5. The van der Waals surface area contributed by atoms with E-state index in [4.69, 9.17) is 0 Å². The van der Waals surface area contributed by atoms with Crippen LogP contribution in [0.3, 0.4) is 0 Å². The molecule has 8 heteroatoms. The third-order valence-corrected chi connectivity index (χ3v) is 15.0. The van der Waals surface area contributed by atoms with Gasteiger partial charge in [0.2, 0.25) is 10.0 Å². The molecule has 5 aliphatic rings. The van der Waals surface area contributed by atoms with Gasteiger partial charge >= 0.3 is 6.03 Å². The lowest BCUT2D eigenvalue weighted by Gasteiger charge is -2.64. The standard InChI is InChI=1S/C30H52N2O5S/c1-6-20-24-17-19(33)9-12-30(24,5)23-10-13-29(4)21(7-8-22(29)25(23)26(20)34)18(2)11-16-31-27(35)32-38(36,37)28(3)14-15-28/h18-26,33-34H,6-17H2,1-5H3,(H2,31,32,35)/t18-,19-,20-,21-,22+,23+,24+,25+,26-,29-,30-/m1/s1. The first kappa shape index (κ1) is 28.7. The van der Waals surface area contributed by atoms with E-state index in [1.165, 1.54) is 6.42 Å². The lowest BCUT2D eigenvalue weighted by atomic mass is 9.41. The molecule has 2 amide bonds. The van der Waals surface area contributed by atoms with Gasteiger partial charge in [-0.05, 0) is 123 Å². The van der Waals surface area contributed by atoms with Crippen molar-refractivity contribution in [3.05, 3.63) is 0 Å². The molecule has 0 spiro atoms. The van der Waals surface area contributed by atoms with Crippen LogP contribution in [0.5, 0.6) is 0 Å². The van der Waals surface area contributed by atoms with Gasteiger partial charge in [-0.15, -0.1) is 0 Å².